The molecule has 2 aromatic heterocycles. The minimum absolute atomic E-state index is 0.191. The summed E-state index contributed by atoms with van der Waals surface area (Å²) in [6.45, 7) is 0.0286. The first-order valence-electron chi connectivity index (χ1n) is 6.99. The van der Waals surface area contributed by atoms with Gasteiger partial charge >= 0.3 is 5.97 Å². The molecule has 0 bridgehead atoms. The molecule has 10 heteroatoms. The van der Waals surface area contributed by atoms with Gasteiger partial charge in [-0.1, -0.05) is 0 Å². The third kappa shape index (κ3) is 2.59. The van der Waals surface area contributed by atoms with Gasteiger partial charge in [-0.05, 0) is 0 Å². The molecule has 3 rings (SSSR count). The van der Waals surface area contributed by atoms with Crippen LogP contribution in [-0.2, 0) is 14.3 Å². The molecule has 4 atom stereocenters. The summed E-state index contributed by atoms with van der Waals surface area (Å²) in [5.74, 6) is -1.17. The second kappa shape index (κ2) is 6.05. The normalized spacial score (nSPS) is 27.4. The number of imidazole rings is 1. The summed E-state index contributed by atoms with van der Waals surface area (Å²) in [4.78, 5) is 23.4. The maximum absolute atomic E-state index is 13.4. The number of nitrogen functional groups attached to an aromatic ring is 1. The molecule has 3 heterocycles. The monoisotopic (exact) mass is 325 g/mol. The highest BCUT2D eigenvalue weighted by atomic mass is 19.1. The number of aliphatic hydroxyl groups excluding tert-OH is 1. The highest BCUT2D eigenvalue weighted by Gasteiger charge is 2.48. The number of rotatable bonds is 4. The van der Waals surface area contributed by atoms with Crippen LogP contribution in [0.3, 0.4) is 0 Å². The number of ether oxygens (including phenoxy) is 2. The van der Waals surface area contributed by atoms with Crippen LogP contribution in [0.1, 0.15) is 13.2 Å². The molecule has 9 nitrogen and oxygen atoms in total. The van der Waals surface area contributed by atoms with Crippen molar-refractivity contribution in [1.82, 2.24) is 19.5 Å². The minimum atomic E-state index is -0.914. The van der Waals surface area contributed by atoms with Gasteiger partial charge in [0.15, 0.2) is 23.8 Å². The van der Waals surface area contributed by atoms with Crippen molar-refractivity contribution < 1.29 is 23.8 Å². The van der Waals surface area contributed by atoms with Crippen LogP contribution < -0.4 is 5.73 Å². The minimum Gasteiger partial charge on any atom is -0.457 e. The van der Waals surface area contributed by atoms with Gasteiger partial charge in [0.2, 0.25) is 0 Å². The topological polar surface area (TPSA) is 125 Å². The van der Waals surface area contributed by atoms with Crippen molar-refractivity contribution in [3.63, 3.8) is 0 Å². The van der Waals surface area contributed by atoms with Gasteiger partial charge in [0.25, 0.3) is 0 Å². The number of alkyl halides is 1. The van der Waals surface area contributed by atoms with Crippen LogP contribution >= 0.6 is 0 Å². The van der Waals surface area contributed by atoms with Gasteiger partial charge in [-0.3, -0.25) is 13.8 Å². The second-order valence-electron chi connectivity index (χ2n) is 5.22. The van der Waals surface area contributed by atoms with E-state index in [0.29, 0.717) is 11.2 Å². The zero-order valence-electron chi connectivity index (χ0n) is 12.3. The largest absolute Gasteiger partial charge is 0.457 e. The lowest BCUT2D eigenvalue weighted by Crippen LogP contribution is -2.33. The summed E-state index contributed by atoms with van der Waals surface area (Å²) >= 11 is 0. The van der Waals surface area contributed by atoms with Crippen molar-refractivity contribution in [2.45, 2.75) is 25.4 Å². The van der Waals surface area contributed by atoms with E-state index in [1.165, 1.54) is 24.1 Å². The maximum atomic E-state index is 13.4. The zero-order valence-corrected chi connectivity index (χ0v) is 12.3. The molecular formula is C13H16FN5O4. The van der Waals surface area contributed by atoms with E-state index in [1.807, 2.05) is 0 Å². The van der Waals surface area contributed by atoms with Crippen molar-refractivity contribution in [3.8, 4) is 0 Å². The predicted octanol–water partition coefficient (Wildman–Crippen LogP) is -0.184. The standard InChI is InChI=1S/C13H16FN5O4/c1-6(21)22-10-7(2-14)8(3-20)23-13(10)19-5-18-9-11(15)16-4-17-12(9)19/h4-5,7-8,10,13,20H,2-3H2,1H3,(H2,15,16,17). The summed E-state index contributed by atoms with van der Waals surface area (Å²) in [6, 6.07) is 0. The fraction of sp³-hybridized carbons (Fsp3) is 0.538. The molecule has 2 aromatic rings. The molecule has 0 radical (unpaired) electrons. The Morgan fingerprint density at radius 3 is 2.96 bits per heavy atom. The number of aromatic nitrogens is 4. The molecule has 124 valence electrons. The van der Waals surface area contributed by atoms with Crippen molar-refractivity contribution in [2.75, 3.05) is 19.0 Å². The predicted molar refractivity (Wildman–Crippen MR) is 75.8 cm³/mol. The van der Waals surface area contributed by atoms with E-state index in [0.717, 1.165) is 0 Å². The van der Waals surface area contributed by atoms with Crippen molar-refractivity contribution in [1.29, 1.82) is 0 Å². The Morgan fingerprint density at radius 1 is 1.52 bits per heavy atom. The molecule has 0 aliphatic carbocycles. The number of carbonyl (C=O) groups is 1. The van der Waals surface area contributed by atoms with Crippen LogP contribution in [-0.4, -0.2) is 56.1 Å². The van der Waals surface area contributed by atoms with Gasteiger partial charge in [-0.2, -0.15) is 0 Å². The molecule has 23 heavy (non-hydrogen) atoms. The van der Waals surface area contributed by atoms with Crippen LogP contribution in [0, 0.1) is 5.92 Å². The number of hydrogen-bond acceptors (Lipinski definition) is 8. The molecule has 0 saturated carbocycles. The Labute approximate surface area is 130 Å². The molecular weight excluding hydrogens is 309 g/mol. The van der Waals surface area contributed by atoms with Crippen molar-refractivity contribution >= 4 is 23.0 Å². The Bertz CT molecular complexity index is 723. The van der Waals surface area contributed by atoms with Gasteiger partial charge in [-0.25, -0.2) is 15.0 Å². The van der Waals surface area contributed by atoms with Crippen molar-refractivity contribution in [2.24, 2.45) is 5.92 Å². The number of fused-ring (bicyclic) bond motifs is 1. The van der Waals surface area contributed by atoms with E-state index in [1.54, 1.807) is 0 Å². The van der Waals surface area contributed by atoms with Gasteiger partial charge in [-0.15, -0.1) is 0 Å². The van der Waals surface area contributed by atoms with Crippen LogP contribution in [0.25, 0.3) is 11.2 Å². The van der Waals surface area contributed by atoms with E-state index < -0.39 is 43.6 Å². The van der Waals surface area contributed by atoms with Crippen LogP contribution in [0.2, 0.25) is 0 Å². The van der Waals surface area contributed by atoms with E-state index >= 15 is 0 Å². The number of anilines is 1. The number of carbonyl (C=O) groups excluding carboxylic acids is 1. The van der Waals surface area contributed by atoms with Crippen LogP contribution in [0.5, 0.6) is 0 Å². The Morgan fingerprint density at radius 2 is 2.30 bits per heavy atom. The third-order valence-electron chi connectivity index (χ3n) is 3.82. The molecule has 1 saturated heterocycles. The number of nitrogens with two attached hydrogens (primary N) is 1. The Balaban J connectivity index is 2.04. The quantitative estimate of drug-likeness (QED) is 0.741. The van der Waals surface area contributed by atoms with E-state index in [9.17, 15) is 14.3 Å². The van der Waals surface area contributed by atoms with Crippen LogP contribution in [0.15, 0.2) is 12.7 Å². The van der Waals surface area contributed by atoms with Gasteiger partial charge in [0.1, 0.15) is 11.8 Å². The first-order chi connectivity index (χ1) is 11.1. The van der Waals surface area contributed by atoms with E-state index in [-0.39, 0.29) is 5.82 Å². The number of halogens is 1. The molecule has 1 fully saturated rings. The van der Waals surface area contributed by atoms with E-state index in [4.69, 9.17) is 15.2 Å². The molecule has 1 aliphatic heterocycles. The van der Waals surface area contributed by atoms with Gasteiger partial charge in [0, 0.05) is 6.92 Å². The smallest absolute Gasteiger partial charge is 0.303 e. The number of nitrogens with zero attached hydrogens (tertiary/aromatic N) is 4. The summed E-state index contributed by atoms with van der Waals surface area (Å²) in [5.41, 5.74) is 6.47. The highest BCUT2D eigenvalue weighted by molar-refractivity contribution is 5.81. The Kier molecular flexibility index (Phi) is 4.09. The lowest BCUT2D eigenvalue weighted by atomic mass is 10.00. The number of esters is 1. The average molecular weight is 325 g/mol. The van der Waals surface area contributed by atoms with Gasteiger partial charge < -0.3 is 20.3 Å². The second-order valence-corrected chi connectivity index (χ2v) is 5.22. The zero-order chi connectivity index (χ0) is 16.6. The summed E-state index contributed by atoms with van der Waals surface area (Å²) < 4.78 is 25.8. The van der Waals surface area contributed by atoms with Crippen molar-refractivity contribution in [3.05, 3.63) is 12.7 Å². The summed E-state index contributed by atoms with van der Waals surface area (Å²) in [5, 5.41) is 9.39. The fourth-order valence-corrected chi connectivity index (χ4v) is 2.76. The maximum Gasteiger partial charge on any atom is 0.303 e. The molecule has 4 unspecified atom stereocenters. The Hall–Kier alpha value is -2.33. The number of hydrogen-bond donors (Lipinski definition) is 2. The first kappa shape index (κ1) is 15.6. The molecule has 0 aromatic carbocycles. The highest BCUT2D eigenvalue weighted by Crippen LogP contribution is 2.38. The molecule has 0 spiro atoms. The first-order valence-corrected chi connectivity index (χ1v) is 6.99. The average Bonchev–Trinajstić information content (AvgIpc) is 3.08. The van der Waals surface area contributed by atoms with Gasteiger partial charge in [0.05, 0.1) is 31.6 Å². The number of aliphatic hydroxyl groups is 1. The van der Waals surface area contributed by atoms with Crippen LogP contribution in [0.4, 0.5) is 10.2 Å². The summed E-state index contributed by atoms with van der Waals surface area (Å²) in [7, 11) is 0. The SMILES string of the molecule is CC(=O)OC1C(CF)C(CO)OC1n1cnc2c(N)ncnc21. The fourth-order valence-electron chi connectivity index (χ4n) is 2.76. The molecule has 1 aliphatic rings. The molecule has 0 amide bonds. The lowest BCUT2D eigenvalue weighted by Gasteiger charge is -2.22. The third-order valence-corrected chi connectivity index (χ3v) is 3.82. The molecule has 3 N–H and O–H groups in total. The summed E-state index contributed by atoms with van der Waals surface area (Å²) in [6.07, 6.45) is 0.0959. The van der Waals surface area contributed by atoms with E-state index in [2.05, 4.69) is 15.0 Å². The lowest BCUT2D eigenvalue weighted by molar-refractivity contribution is -0.153.